The fourth-order valence-electron chi connectivity index (χ4n) is 2.63. The summed E-state index contributed by atoms with van der Waals surface area (Å²) in [4.78, 5) is 19.9. The highest BCUT2D eigenvalue weighted by atomic mass is 32.2. The van der Waals surface area contributed by atoms with Crippen LogP contribution in [0.2, 0.25) is 0 Å². The van der Waals surface area contributed by atoms with Crippen LogP contribution in [0.4, 0.5) is 5.69 Å². The minimum absolute atomic E-state index is 0.0681. The third kappa shape index (κ3) is 4.01. The molecular weight excluding hydrogens is 344 g/mol. The molecule has 1 atom stereocenters. The molecule has 1 saturated heterocycles. The summed E-state index contributed by atoms with van der Waals surface area (Å²) in [6.45, 7) is 0.452. The number of nitrogens with one attached hydrogen (secondary N) is 1. The summed E-state index contributed by atoms with van der Waals surface area (Å²) in [7, 11) is -3.72. The molecule has 1 aromatic carbocycles. The van der Waals surface area contributed by atoms with Crippen LogP contribution in [0.15, 0.2) is 47.8 Å². The lowest BCUT2D eigenvalue weighted by Crippen LogP contribution is -2.42. The van der Waals surface area contributed by atoms with E-state index in [4.69, 9.17) is 0 Å². The van der Waals surface area contributed by atoms with Crippen LogP contribution in [0.25, 0.3) is 0 Å². The van der Waals surface area contributed by atoms with E-state index in [0.717, 1.165) is 0 Å². The number of β-amino-alcohol motifs (C(OH)–C–C–N with tert-alkyl or cyclic N) is 1. The number of hydrogen-bond donors (Lipinski definition) is 2. The van der Waals surface area contributed by atoms with E-state index in [1.54, 1.807) is 12.1 Å². The number of hydrogen-bond acceptors (Lipinski definition) is 6. The Morgan fingerprint density at radius 2 is 2.16 bits per heavy atom. The molecule has 1 aliphatic rings. The van der Waals surface area contributed by atoms with Gasteiger partial charge in [-0.05, 0) is 31.0 Å². The molecule has 1 fully saturated rings. The van der Waals surface area contributed by atoms with E-state index in [0.29, 0.717) is 25.1 Å². The third-order valence-electron chi connectivity index (χ3n) is 3.88. The molecule has 1 aliphatic heterocycles. The maximum Gasteiger partial charge on any atom is 0.275 e. The molecule has 3 rings (SSSR count). The van der Waals surface area contributed by atoms with Crippen LogP contribution < -0.4 is 5.32 Å². The van der Waals surface area contributed by atoms with E-state index in [1.807, 2.05) is 0 Å². The number of aliphatic hydroxyl groups is 1. The summed E-state index contributed by atoms with van der Waals surface area (Å²) in [6.07, 6.45) is 4.74. The van der Waals surface area contributed by atoms with Crippen LogP contribution in [0.1, 0.15) is 23.3 Å². The van der Waals surface area contributed by atoms with Crippen LogP contribution in [0, 0.1) is 0 Å². The van der Waals surface area contributed by atoms with Gasteiger partial charge < -0.3 is 10.4 Å². The summed E-state index contributed by atoms with van der Waals surface area (Å²) in [5.74, 6) is -0.476. The second kappa shape index (κ2) is 7.26. The van der Waals surface area contributed by atoms with Crippen molar-refractivity contribution in [3.05, 3.63) is 48.5 Å². The van der Waals surface area contributed by atoms with Gasteiger partial charge in [0.25, 0.3) is 5.91 Å². The van der Waals surface area contributed by atoms with Gasteiger partial charge in [-0.15, -0.1) is 0 Å². The smallest absolute Gasteiger partial charge is 0.275 e. The Bertz CT molecular complexity index is 857. The van der Waals surface area contributed by atoms with Gasteiger partial charge in [-0.2, -0.15) is 4.31 Å². The first-order valence-corrected chi connectivity index (χ1v) is 9.26. The molecular formula is C16H18N4O4S. The highest BCUT2D eigenvalue weighted by Gasteiger charge is 2.29. The number of sulfonamides is 1. The lowest BCUT2D eigenvalue weighted by atomic mass is 10.1. The molecule has 132 valence electrons. The zero-order valence-electron chi connectivity index (χ0n) is 13.4. The predicted molar refractivity (Wildman–Crippen MR) is 90.4 cm³/mol. The molecule has 2 N–H and O–H groups in total. The van der Waals surface area contributed by atoms with Gasteiger partial charge in [0.2, 0.25) is 10.0 Å². The fourth-order valence-corrected chi connectivity index (χ4v) is 4.20. The monoisotopic (exact) mass is 362 g/mol. The van der Waals surface area contributed by atoms with Crippen molar-refractivity contribution in [1.29, 1.82) is 0 Å². The molecule has 8 nitrogen and oxygen atoms in total. The second-order valence-corrected chi connectivity index (χ2v) is 7.67. The number of carbonyl (C=O) groups excluding carboxylic acids is 1. The molecule has 0 bridgehead atoms. The Balaban J connectivity index is 1.80. The normalized spacial score (nSPS) is 18.7. The Hall–Kier alpha value is -2.36. The molecule has 0 radical (unpaired) electrons. The average Bonchev–Trinajstić information content (AvgIpc) is 2.62. The first-order valence-electron chi connectivity index (χ1n) is 7.82. The van der Waals surface area contributed by atoms with E-state index >= 15 is 0 Å². The molecule has 25 heavy (non-hydrogen) atoms. The van der Waals surface area contributed by atoms with Crippen LogP contribution in [-0.2, 0) is 10.0 Å². The summed E-state index contributed by atoms with van der Waals surface area (Å²) >= 11 is 0. The molecule has 0 spiro atoms. The van der Waals surface area contributed by atoms with Crippen molar-refractivity contribution < 1.29 is 18.3 Å². The van der Waals surface area contributed by atoms with Crippen molar-refractivity contribution in [2.45, 2.75) is 23.8 Å². The van der Waals surface area contributed by atoms with Crippen LogP contribution in [0.5, 0.6) is 0 Å². The Morgan fingerprint density at radius 1 is 1.32 bits per heavy atom. The van der Waals surface area contributed by atoms with E-state index in [-0.39, 0.29) is 17.1 Å². The van der Waals surface area contributed by atoms with Gasteiger partial charge in [-0.3, -0.25) is 9.78 Å². The molecule has 2 heterocycles. The Morgan fingerprint density at radius 3 is 2.88 bits per heavy atom. The number of aliphatic hydroxyl groups excluding tert-OH is 1. The van der Waals surface area contributed by atoms with Gasteiger partial charge in [0.05, 0.1) is 17.2 Å². The highest BCUT2D eigenvalue weighted by molar-refractivity contribution is 7.89. The van der Waals surface area contributed by atoms with Crippen molar-refractivity contribution in [3.8, 4) is 0 Å². The highest BCUT2D eigenvalue weighted by Crippen LogP contribution is 2.23. The van der Waals surface area contributed by atoms with Gasteiger partial charge in [-0.1, -0.05) is 6.07 Å². The van der Waals surface area contributed by atoms with Gasteiger partial charge in [0.1, 0.15) is 5.69 Å². The van der Waals surface area contributed by atoms with Crippen molar-refractivity contribution >= 4 is 21.6 Å². The van der Waals surface area contributed by atoms with Crippen LogP contribution in [-0.4, -0.2) is 52.9 Å². The minimum atomic E-state index is -3.72. The lowest BCUT2D eigenvalue weighted by Gasteiger charge is -2.29. The van der Waals surface area contributed by atoms with Gasteiger partial charge in [-0.25, -0.2) is 13.4 Å². The van der Waals surface area contributed by atoms with Crippen molar-refractivity contribution in [2.75, 3.05) is 18.4 Å². The van der Waals surface area contributed by atoms with Crippen molar-refractivity contribution in [3.63, 3.8) is 0 Å². The molecule has 2 aromatic rings. The Kier molecular flexibility index (Phi) is 5.07. The van der Waals surface area contributed by atoms with E-state index < -0.39 is 22.0 Å². The predicted octanol–water partition coefficient (Wildman–Crippen LogP) is 0.874. The fraction of sp³-hybridized carbons (Fsp3) is 0.312. The van der Waals surface area contributed by atoms with Gasteiger partial charge >= 0.3 is 0 Å². The third-order valence-corrected chi connectivity index (χ3v) is 5.75. The van der Waals surface area contributed by atoms with Crippen LogP contribution in [0.3, 0.4) is 0 Å². The zero-order chi connectivity index (χ0) is 17.9. The first kappa shape index (κ1) is 17.5. The van der Waals surface area contributed by atoms with Gasteiger partial charge in [0.15, 0.2) is 0 Å². The lowest BCUT2D eigenvalue weighted by molar-refractivity contribution is 0.102. The van der Waals surface area contributed by atoms with Crippen molar-refractivity contribution in [1.82, 2.24) is 14.3 Å². The van der Waals surface area contributed by atoms with E-state index in [2.05, 4.69) is 15.3 Å². The first-order chi connectivity index (χ1) is 12.0. The number of aromatic nitrogens is 2. The molecule has 1 amide bonds. The standard InChI is InChI=1S/C16H18N4O4S/c21-13-4-2-8-20(11-13)25(23,24)14-5-1-3-12(9-14)19-16(22)15-10-17-6-7-18-15/h1,3,5-7,9-10,13,21H,2,4,8,11H2,(H,19,22). The molecule has 1 unspecified atom stereocenters. The van der Waals surface area contributed by atoms with Crippen LogP contribution >= 0.6 is 0 Å². The topological polar surface area (TPSA) is 112 Å². The number of piperidine rings is 1. The number of benzene rings is 1. The van der Waals surface area contributed by atoms with E-state index in [1.165, 1.54) is 35.0 Å². The molecule has 1 aromatic heterocycles. The van der Waals surface area contributed by atoms with Gasteiger partial charge in [0, 0.05) is 31.2 Å². The number of anilines is 1. The summed E-state index contributed by atoms with van der Waals surface area (Å²) < 4.78 is 26.7. The SMILES string of the molecule is O=C(Nc1cccc(S(=O)(=O)N2CCCC(O)C2)c1)c1cnccn1. The zero-order valence-corrected chi connectivity index (χ0v) is 14.2. The summed E-state index contributed by atoms with van der Waals surface area (Å²) in [5, 5.41) is 12.3. The quantitative estimate of drug-likeness (QED) is 0.835. The summed E-state index contributed by atoms with van der Waals surface area (Å²) in [6, 6.07) is 6.01. The Labute approximate surface area is 145 Å². The van der Waals surface area contributed by atoms with Crippen molar-refractivity contribution in [2.24, 2.45) is 0 Å². The number of carbonyl (C=O) groups is 1. The maximum atomic E-state index is 12.7. The number of nitrogens with zero attached hydrogens (tertiary/aromatic N) is 3. The second-order valence-electron chi connectivity index (χ2n) is 5.73. The minimum Gasteiger partial charge on any atom is -0.392 e. The van der Waals surface area contributed by atoms with E-state index in [9.17, 15) is 18.3 Å². The number of amides is 1. The summed E-state index contributed by atoms with van der Waals surface area (Å²) in [5.41, 5.74) is 0.476. The average molecular weight is 362 g/mol. The maximum absolute atomic E-state index is 12.7. The number of rotatable bonds is 4. The molecule has 0 aliphatic carbocycles. The molecule has 0 saturated carbocycles. The largest absolute Gasteiger partial charge is 0.392 e. The molecule has 9 heteroatoms.